The third kappa shape index (κ3) is 2.67. The molecule has 4 aromatic rings. The molecule has 0 bridgehead atoms. The van der Waals surface area contributed by atoms with Crippen molar-refractivity contribution >= 4 is 77.5 Å². The molecule has 7 heteroatoms. The van der Waals surface area contributed by atoms with Gasteiger partial charge < -0.3 is 0 Å². The molecule has 2 aliphatic rings. The Balaban J connectivity index is 1.62. The van der Waals surface area contributed by atoms with Crippen molar-refractivity contribution in [2.45, 2.75) is 19.3 Å². The average Bonchev–Trinajstić information content (AvgIpc) is 3.38. The van der Waals surface area contributed by atoms with Crippen LogP contribution in [0.15, 0.2) is 54.1 Å². The molecule has 0 spiro atoms. The van der Waals surface area contributed by atoms with Gasteiger partial charge in [-0.3, -0.25) is 0 Å². The molecule has 0 atom stereocenters. The van der Waals surface area contributed by atoms with Crippen LogP contribution >= 0.6 is 12.2 Å². The van der Waals surface area contributed by atoms with Crippen LogP contribution in [0, 0.1) is 0 Å². The van der Waals surface area contributed by atoms with E-state index < -0.39 is 20.4 Å². The summed E-state index contributed by atoms with van der Waals surface area (Å²) in [5, 5.41) is 2.76. The fourth-order valence-electron chi connectivity index (χ4n) is 5.08. The van der Waals surface area contributed by atoms with Gasteiger partial charge in [0.15, 0.2) is 0 Å². The number of rotatable bonds is 1. The van der Waals surface area contributed by atoms with Gasteiger partial charge in [-0.05, 0) is 0 Å². The van der Waals surface area contributed by atoms with Crippen molar-refractivity contribution in [1.82, 2.24) is 14.4 Å². The van der Waals surface area contributed by atoms with Gasteiger partial charge in [0.05, 0.1) is 0 Å². The number of aromatic nitrogens is 1. The Morgan fingerprint density at radius 3 is 2.30 bits per heavy atom. The van der Waals surface area contributed by atoms with Gasteiger partial charge in [-0.1, -0.05) is 0 Å². The van der Waals surface area contributed by atoms with Crippen LogP contribution < -0.4 is 0 Å². The topological polar surface area (TPSA) is 45.6 Å². The van der Waals surface area contributed by atoms with Gasteiger partial charge in [0.2, 0.25) is 0 Å². The van der Waals surface area contributed by atoms with Crippen LogP contribution in [0.25, 0.3) is 31.6 Å². The number of thiocarbonyl (C=S) groups is 1. The second-order valence-electron chi connectivity index (χ2n) is 9.12. The SMILES string of the molecule is CN1C(=O)C(=Cc2cc3c([te]2)-n2c4ccccc4c4cccc(c42)C3(C)C)C(=O)N(C)C1=S. The minimum absolute atomic E-state index is 0.167. The van der Waals surface area contributed by atoms with E-state index in [1.54, 1.807) is 14.1 Å². The van der Waals surface area contributed by atoms with Gasteiger partial charge >= 0.3 is 207 Å². The molecule has 164 valence electrons. The van der Waals surface area contributed by atoms with E-state index in [2.05, 4.69) is 66.9 Å². The normalized spacial score (nSPS) is 17.3. The molecule has 2 aromatic heterocycles. The van der Waals surface area contributed by atoms with E-state index in [0.717, 1.165) is 3.58 Å². The molecule has 2 aliphatic heterocycles. The number of benzene rings is 2. The van der Waals surface area contributed by atoms with E-state index in [4.69, 9.17) is 12.2 Å². The fraction of sp³-hybridized carbons (Fsp3) is 0.192. The van der Waals surface area contributed by atoms with Gasteiger partial charge in [-0.25, -0.2) is 0 Å². The second kappa shape index (κ2) is 6.89. The molecule has 0 N–H and O–H groups in total. The molecule has 6 rings (SSSR count). The Hall–Kier alpha value is -2.72. The number of para-hydroxylation sites is 2. The quantitative estimate of drug-likeness (QED) is 0.151. The van der Waals surface area contributed by atoms with E-state index in [1.165, 1.54) is 46.4 Å². The Bertz CT molecular complexity index is 1560. The van der Waals surface area contributed by atoms with Crippen LogP contribution in [0.2, 0.25) is 0 Å². The fourth-order valence-corrected chi connectivity index (χ4v) is 8.91. The van der Waals surface area contributed by atoms with Gasteiger partial charge in [0, 0.05) is 0 Å². The maximum absolute atomic E-state index is 12.9. The van der Waals surface area contributed by atoms with Gasteiger partial charge in [0.25, 0.3) is 0 Å². The minimum atomic E-state index is -0.829. The summed E-state index contributed by atoms with van der Waals surface area (Å²) in [6.07, 6.45) is 1.81. The van der Waals surface area contributed by atoms with Crippen molar-refractivity contribution in [3.05, 3.63) is 68.8 Å². The third-order valence-electron chi connectivity index (χ3n) is 6.91. The number of hydrogen-bond donors (Lipinski definition) is 0. The molecule has 0 aliphatic carbocycles. The second-order valence-corrected chi connectivity index (χ2v) is 12.5. The molecule has 33 heavy (non-hydrogen) atoms. The molecule has 2 amide bonds. The number of hydrogen-bond acceptors (Lipinski definition) is 3. The molecule has 0 radical (unpaired) electrons. The number of fused-ring (bicyclic) bond motifs is 5. The van der Waals surface area contributed by atoms with Crippen molar-refractivity contribution in [3.63, 3.8) is 0 Å². The van der Waals surface area contributed by atoms with E-state index in [1.807, 2.05) is 6.08 Å². The first-order chi connectivity index (χ1) is 15.7. The maximum atomic E-state index is 12.9. The molecular formula is C26H21N3O2STe. The number of carbonyl (C=O) groups excluding carboxylic acids is 2. The van der Waals surface area contributed by atoms with Crippen molar-refractivity contribution < 1.29 is 9.59 Å². The van der Waals surface area contributed by atoms with E-state index in [-0.39, 0.29) is 27.9 Å². The zero-order valence-electron chi connectivity index (χ0n) is 18.7. The molecular weight excluding hydrogens is 546 g/mol. The molecule has 1 fully saturated rings. The summed E-state index contributed by atoms with van der Waals surface area (Å²) in [6, 6.07) is 17.4. The van der Waals surface area contributed by atoms with E-state index in [0.29, 0.717) is 0 Å². The molecule has 0 saturated carbocycles. The molecule has 2 aromatic carbocycles. The van der Waals surface area contributed by atoms with E-state index in [9.17, 15) is 9.59 Å². The standard InChI is InChI=1S/C26H21N3O2STe/c1-26(2)18-10-7-9-16-15-8-5-6-11-20(15)29(21(16)18)24-19(26)13-14(33-24)12-17-22(30)27(3)25(32)28(4)23(17)31/h5-13H,1-4H3. The summed E-state index contributed by atoms with van der Waals surface area (Å²) in [4.78, 5) is 28.5. The Morgan fingerprint density at radius 2 is 1.58 bits per heavy atom. The average molecular weight is 567 g/mol. The van der Waals surface area contributed by atoms with Gasteiger partial charge in [-0.15, -0.1) is 0 Å². The van der Waals surface area contributed by atoms with Crippen molar-refractivity contribution in [1.29, 1.82) is 0 Å². The van der Waals surface area contributed by atoms with Crippen LogP contribution in [-0.2, 0) is 15.0 Å². The van der Waals surface area contributed by atoms with E-state index >= 15 is 0 Å². The van der Waals surface area contributed by atoms with Crippen molar-refractivity contribution in [2.75, 3.05) is 14.1 Å². The summed E-state index contributed by atoms with van der Waals surface area (Å²) in [6.45, 7) is 4.55. The molecule has 1 saturated heterocycles. The molecule has 5 nitrogen and oxygen atoms in total. The van der Waals surface area contributed by atoms with Gasteiger partial charge in [0.1, 0.15) is 0 Å². The monoisotopic (exact) mass is 569 g/mol. The Morgan fingerprint density at radius 1 is 0.909 bits per heavy atom. The number of likely N-dealkylation sites (N-methyl/N-ethyl adjacent to an activating group) is 2. The van der Waals surface area contributed by atoms with Crippen LogP contribution in [-0.4, -0.2) is 65.8 Å². The van der Waals surface area contributed by atoms with Crippen molar-refractivity contribution in [3.8, 4) is 3.70 Å². The predicted molar refractivity (Wildman–Crippen MR) is 136 cm³/mol. The first-order valence-corrected chi connectivity index (χ1v) is 13.4. The Labute approximate surface area is 206 Å². The summed E-state index contributed by atoms with van der Waals surface area (Å²) in [5.74, 6) is -0.671. The first-order valence-electron chi connectivity index (χ1n) is 10.7. The zero-order valence-corrected chi connectivity index (χ0v) is 21.8. The third-order valence-corrected chi connectivity index (χ3v) is 10.5. The Kier molecular flexibility index (Phi) is 4.36. The van der Waals surface area contributed by atoms with Crippen LogP contribution in [0.4, 0.5) is 0 Å². The van der Waals surface area contributed by atoms with Crippen LogP contribution in [0.1, 0.15) is 28.6 Å². The summed E-state index contributed by atoms with van der Waals surface area (Å²) >= 11 is 4.40. The molecule has 4 heterocycles. The summed E-state index contributed by atoms with van der Waals surface area (Å²) in [5.41, 5.74) is 5.10. The van der Waals surface area contributed by atoms with Crippen LogP contribution in [0.5, 0.6) is 0 Å². The van der Waals surface area contributed by atoms with Crippen molar-refractivity contribution in [2.24, 2.45) is 0 Å². The molecule has 0 unspecified atom stereocenters. The first kappa shape index (κ1) is 20.9. The zero-order chi connectivity index (χ0) is 23.2. The predicted octanol–water partition coefficient (Wildman–Crippen LogP) is 4.08. The summed E-state index contributed by atoms with van der Waals surface area (Å²) in [7, 11) is 3.24. The number of amides is 2. The van der Waals surface area contributed by atoms with Crippen LogP contribution in [0.3, 0.4) is 0 Å². The number of carbonyl (C=O) groups is 2. The number of nitrogens with zero attached hydrogens (tertiary/aromatic N) is 3. The van der Waals surface area contributed by atoms with Gasteiger partial charge in [-0.2, -0.15) is 0 Å². The summed E-state index contributed by atoms with van der Waals surface area (Å²) < 4.78 is 4.86.